The smallest absolute Gasteiger partial charge is 0.281 e. The Morgan fingerprint density at radius 2 is 2.15 bits per heavy atom. The summed E-state index contributed by atoms with van der Waals surface area (Å²) in [6.07, 6.45) is 3.72. The fourth-order valence-electron chi connectivity index (χ4n) is 1.35. The molecule has 0 spiro atoms. The molecule has 0 unspecified atom stereocenters. The van der Waals surface area contributed by atoms with Crippen LogP contribution in [0.1, 0.15) is 33.1 Å². The van der Waals surface area contributed by atoms with Gasteiger partial charge in [-0.2, -0.15) is 0 Å². The average molecular weight is 201 g/mol. The van der Waals surface area contributed by atoms with Crippen LogP contribution in [0, 0.1) is 5.92 Å². The molecule has 0 heterocycles. The largest absolute Gasteiger partial charge is 0.333 e. The van der Waals surface area contributed by atoms with Crippen molar-refractivity contribution in [1.29, 1.82) is 0 Å². The van der Waals surface area contributed by atoms with Crippen molar-refractivity contribution in [2.45, 2.75) is 33.1 Å². The molecular formula is C10H19NOS. The summed E-state index contributed by atoms with van der Waals surface area (Å²) in [6, 6.07) is 0. The Morgan fingerprint density at radius 1 is 1.46 bits per heavy atom. The van der Waals surface area contributed by atoms with Gasteiger partial charge in [0.2, 0.25) is 0 Å². The molecule has 2 nitrogen and oxygen atoms in total. The van der Waals surface area contributed by atoms with Gasteiger partial charge in [-0.3, -0.25) is 4.79 Å². The van der Waals surface area contributed by atoms with E-state index in [1.165, 1.54) is 24.6 Å². The van der Waals surface area contributed by atoms with Crippen molar-refractivity contribution >= 4 is 17.0 Å². The summed E-state index contributed by atoms with van der Waals surface area (Å²) >= 11 is 1.44. The molecule has 76 valence electrons. The number of nitrogens with zero attached hydrogens (tertiary/aromatic N) is 1. The zero-order chi connectivity index (χ0) is 9.68. The van der Waals surface area contributed by atoms with E-state index in [-0.39, 0.29) is 5.24 Å². The van der Waals surface area contributed by atoms with E-state index in [0.717, 1.165) is 31.2 Å². The van der Waals surface area contributed by atoms with Gasteiger partial charge in [0.15, 0.2) is 0 Å². The molecule has 3 heteroatoms. The van der Waals surface area contributed by atoms with E-state index in [9.17, 15) is 4.79 Å². The van der Waals surface area contributed by atoms with E-state index in [4.69, 9.17) is 0 Å². The molecule has 1 rings (SSSR count). The summed E-state index contributed by atoms with van der Waals surface area (Å²) in [5.74, 6) is 1.71. The van der Waals surface area contributed by atoms with E-state index in [1.54, 1.807) is 0 Å². The highest BCUT2D eigenvalue weighted by Crippen LogP contribution is 2.30. The van der Waals surface area contributed by atoms with Crippen molar-refractivity contribution in [3.8, 4) is 0 Å². The standard InChI is InChI=1S/C10H19NOS/c1-3-7-11(8-9-5-6-9)10(12)13-4-2/h9H,3-8H2,1-2H3. The predicted octanol–water partition coefficient (Wildman–Crippen LogP) is 2.98. The molecule has 0 N–H and O–H groups in total. The summed E-state index contributed by atoms with van der Waals surface area (Å²) in [5, 5.41) is 0.274. The van der Waals surface area contributed by atoms with Crippen molar-refractivity contribution < 1.29 is 4.79 Å². The number of hydrogen-bond donors (Lipinski definition) is 0. The predicted molar refractivity (Wildman–Crippen MR) is 58.1 cm³/mol. The third kappa shape index (κ3) is 4.03. The quantitative estimate of drug-likeness (QED) is 0.681. The SMILES string of the molecule is CCCN(CC1CC1)C(=O)SCC. The molecular weight excluding hydrogens is 182 g/mol. The molecule has 1 fully saturated rings. The van der Waals surface area contributed by atoms with Gasteiger partial charge in [-0.1, -0.05) is 25.6 Å². The monoisotopic (exact) mass is 201 g/mol. The summed E-state index contributed by atoms with van der Waals surface area (Å²) < 4.78 is 0. The van der Waals surface area contributed by atoms with Crippen molar-refractivity contribution in [3.63, 3.8) is 0 Å². The summed E-state index contributed by atoms with van der Waals surface area (Å²) in [5.41, 5.74) is 0. The van der Waals surface area contributed by atoms with Gasteiger partial charge in [-0.15, -0.1) is 0 Å². The van der Waals surface area contributed by atoms with E-state index >= 15 is 0 Å². The van der Waals surface area contributed by atoms with Crippen LogP contribution >= 0.6 is 11.8 Å². The fraction of sp³-hybridized carbons (Fsp3) is 0.900. The number of hydrogen-bond acceptors (Lipinski definition) is 2. The molecule has 0 aromatic rings. The van der Waals surface area contributed by atoms with Crippen LogP contribution in [0.25, 0.3) is 0 Å². The Labute approximate surface area is 85.1 Å². The van der Waals surface area contributed by atoms with Gasteiger partial charge < -0.3 is 4.90 Å². The zero-order valence-corrected chi connectivity index (χ0v) is 9.40. The van der Waals surface area contributed by atoms with Crippen LogP contribution in [0.4, 0.5) is 4.79 Å². The van der Waals surface area contributed by atoms with Crippen molar-refractivity contribution in [1.82, 2.24) is 4.90 Å². The minimum atomic E-state index is 0.274. The lowest BCUT2D eigenvalue weighted by Gasteiger charge is -2.20. The lowest BCUT2D eigenvalue weighted by Crippen LogP contribution is -2.30. The minimum Gasteiger partial charge on any atom is -0.333 e. The molecule has 1 saturated carbocycles. The third-order valence-corrected chi connectivity index (χ3v) is 2.99. The first-order chi connectivity index (χ1) is 6.27. The van der Waals surface area contributed by atoms with Gasteiger partial charge in [0.05, 0.1) is 0 Å². The fourth-order valence-corrected chi connectivity index (χ4v) is 1.95. The summed E-state index contributed by atoms with van der Waals surface area (Å²) in [7, 11) is 0. The first kappa shape index (κ1) is 10.9. The Hall–Kier alpha value is -0.180. The maximum atomic E-state index is 11.6. The minimum absolute atomic E-state index is 0.274. The normalized spacial score (nSPS) is 15.8. The van der Waals surface area contributed by atoms with Crippen LogP contribution in [0.5, 0.6) is 0 Å². The summed E-state index contributed by atoms with van der Waals surface area (Å²) in [4.78, 5) is 13.6. The first-order valence-corrected chi connectivity index (χ1v) is 6.18. The number of carbonyl (C=O) groups excluding carboxylic acids is 1. The van der Waals surface area contributed by atoms with Crippen molar-refractivity contribution in [3.05, 3.63) is 0 Å². The van der Waals surface area contributed by atoms with Crippen LogP contribution in [0.3, 0.4) is 0 Å². The molecule has 1 aliphatic rings. The van der Waals surface area contributed by atoms with Gasteiger partial charge in [0.1, 0.15) is 0 Å². The second kappa shape index (κ2) is 5.53. The molecule has 13 heavy (non-hydrogen) atoms. The lowest BCUT2D eigenvalue weighted by atomic mass is 10.3. The zero-order valence-electron chi connectivity index (χ0n) is 8.58. The topological polar surface area (TPSA) is 20.3 Å². The second-order valence-electron chi connectivity index (χ2n) is 3.59. The van der Waals surface area contributed by atoms with Gasteiger partial charge in [-0.05, 0) is 30.9 Å². The highest BCUT2D eigenvalue weighted by atomic mass is 32.2. The van der Waals surface area contributed by atoms with E-state index in [1.807, 2.05) is 11.8 Å². The van der Waals surface area contributed by atoms with E-state index in [0.29, 0.717) is 0 Å². The van der Waals surface area contributed by atoms with E-state index in [2.05, 4.69) is 6.92 Å². The molecule has 0 aliphatic heterocycles. The van der Waals surface area contributed by atoms with Gasteiger partial charge in [0, 0.05) is 13.1 Å². The van der Waals surface area contributed by atoms with Crippen molar-refractivity contribution in [2.24, 2.45) is 5.92 Å². The highest BCUT2D eigenvalue weighted by Gasteiger charge is 2.26. The van der Waals surface area contributed by atoms with Crippen LogP contribution in [0.2, 0.25) is 0 Å². The van der Waals surface area contributed by atoms with Gasteiger partial charge in [0.25, 0.3) is 5.24 Å². The second-order valence-corrected chi connectivity index (χ2v) is 4.80. The molecule has 0 aromatic heterocycles. The maximum Gasteiger partial charge on any atom is 0.281 e. The summed E-state index contributed by atoms with van der Waals surface area (Å²) in [6.45, 7) is 6.09. The molecule has 0 bridgehead atoms. The van der Waals surface area contributed by atoms with E-state index < -0.39 is 0 Å². The molecule has 0 saturated heterocycles. The Bertz CT molecular complexity index is 168. The Balaban J connectivity index is 2.29. The Morgan fingerprint density at radius 3 is 2.62 bits per heavy atom. The Kier molecular flexibility index (Phi) is 4.64. The van der Waals surface area contributed by atoms with Crippen molar-refractivity contribution in [2.75, 3.05) is 18.8 Å². The average Bonchev–Trinajstić information content (AvgIpc) is 2.88. The van der Waals surface area contributed by atoms with Crippen LogP contribution < -0.4 is 0 Å². The number of rotatable bonds is 5. The number of carbonyl (C=O) groups is 1. The number of amides is 1. The van der Waals surface area contributed by atoms with Crippen LogP contribution in [-0.2, 0) is 0 Å². The molecule has 0 aromatic carbocycles. The number of thioether (sulfide) groups is 1. The lowest BCUT2D eigenvalue weighted by molar-refractivity contribution is 0.220. The molecule has 0 radical (unpaired) electrons. The molecule has 0 atom stereocenters. The van der Waals surface area contributed by atoms with Crippen LogP contribution in [0.15, 0.2) is 0 Å². The van der Waals surface area contributed by atoms with Gasteiger partial charge in [-0.25, -0.2) is 0 Å². The molecule has 1 amide bonds. The highest BCUT2D eigenvalue weighted by molar-refractivity contribution is 8.13. The first-order valence-electron chi connectivity index (χ1n) is 5.19. The third-order valence-electron chi connectivity index (χ3n) is 2.20. The van der Waals surface area contributed by atoms with Gasteiger partial charge >= 0.3 is 0 Å². The van der Waals surface area contributed by atoms with Crippen LogP contribution in [-0.4, -0.2) is 29.0 Å². The maximum absolute atomic E-state index is 11.6. The molecule has 1 aliphatic carbocycles.